The van der Waals surface area contributed by atoms with E-state index in [4.69, 9.17) is 0 Å². The quantitative estimate of drug-likeness (QED) is 0.926. The van der Waals surface area contributed by atoms with Crippen LogP contribution in [0.4, 0.5) is 0 Å². The molecule has 0 aliphatic heterocycles. The van der Waals surface area contributed by atoms with Crippen LogP contribution < -0.4 is 0 Å². The van der Waals surface area contributed by atoms with Crippen molar-refractivity contribution in [2.24, 2.45) is 7.05 Å². The van der Waals surface area contributed by atoms with Crippen molar-refractivity contribution in [3.05, 3.63) is 37.7 Å². The molecule has 0 spiro atoms. The van der Waals surface area contributed by atoms with Crippen molar-refractivity contribution in [3.8, 4) is 0 Å². The molecule has 1 atom stereocenters. The first-order chi connectivity index (χ1) is 7.50. The molecule has 0 aromatic carbocycles. The first-order valence-electron chi connectivity index (χ1n) is 4.93. The highest BCUT2D eigenvalue weighted by Crippen LogP contribution is 2.33. The Kier molecular flexibility index (Phi) is 3.19. The lowest BCUT2D eigenvalue weighted by Crippen LogP contribution is -2.07. The van der Waals surface area contributed by atoms with Gasteiger partial charge < -0.3 is 5.11 Å². The minimum Gasteiger partial charge on any atom is -0.382 e. The van der Waals surface area contributed by atoms with E-state index in [2.05, 4.69) is 21.0 Å². The number of halogens is 1. The SMILES string of the molecule is Cc1cc(C(O)c2c(Br)cnn2C)c(C)s1. The van der Waals surface area contributed by atoms with Crippen LogP contribution in [0.1, 0.15) is 27.1 Å². The van der Waals surface area contributed by atoms with Gasteiger partial charge in [0.25, 0.3) is 0 Å². The average Bonchev–Trinajstić information content (AvgIpc) is 2.70. The summed E-state index contributed by atoms with van der Waals surface area (Å²) in [7, 11) is 1.83. The Morgan fingerprint density at radius 1 is 1.50 bits per heavy atom. The third-order valence-corrected chi connectivity index (χ3v) is 4.16. The molecule has 16 heavy (non-hydrogen) atoms. The van der Waals surface area contributed by atoms with E-state index in [1.54, 1.807) is 22.2 Å². The molecule has 2 heterocycles. The minimum absolute atomic E-state index is 0.619. The molecular formula is C11H13BrN2OS. The molecule has 0 aliphatic carbocycles. The lowest BCUT2D eigenvalue weighted by molar-refractivity contribution is 0.209. The van der Waals surface area contributed by atoms with Crippen molar-refractivity contribution >= 4 is 27.3 Å². The Bertz CT molecular complexity index is 499. The summed E-state index contributed by atoms with van der Waals surface area (Å²) in [6, 6.07) is 2.03. The van der Waals surface area contributed by atoms with Crippen molar-refractivity contribution in [3.63, 3.8) is 0 Å². The van der Waals surface area contributed by atoms with Crippen LogP contribution in [-0.4, -0.2) is 14.9 Å². The van der Waals surface area contributed by atoms with Crippen LogP contribution in [0, 0.1) is 13.8 Å². The Hall–Kier alpha value is -0.650. The minimum atomic E-state index is -0.619. The Balaban J connectivity index is 2.46. The van der Waals surface area contributed by atoms with Crippen molar-refractivity contribution in [1.82, 2.24) is 9.78 Å². The maximum atomic E-state index is 10.4. The zero-order chi connectivity index (χ0) is 11.9. The normalized spacial score (nSPS) is 13.1. The maximum absolute atomic E-state index is 10.4. The van der Waals surface area contributed by atoms with Gasteiger partial charge in [-0.05, 0) is 35.8 Å². The highest BCUT2D eigenvalue weighted by molar-refractivity contribution is 9.10. The first kappa shape index (κ1) is 11.8. The molecule has 0 saturated heterocycles. The van der Waals surface area contributed by atoms with Crippen molar-refractivity contribution < 1.29 is 5.11 Å². The second-order valence-electron chi connectivity index (χ2n) is 3.77. The summed E-state index contributed by atoms with van der Waals surface area (Å²) in [4.78, 5) is 2.36. The number of nitrogens with zero attached hydrogens (tertiary/aromatic N) is 2. The Morgan fingerprint density at radius 2 is 2.19 bits per heavy atom. The molecule has 2 rings (SSSR count). The fourth-order valence-corrected chi connectivity index (χ4v) is 3.32. The van der Waals surface area contributed by atoms with Gasteiger partial charge in [-0.15, -0.1) is 11.3 Å². The molecule has 0 bridgehead atoms. The molecule has 1 N–H and O–H groups in total. The van der Waals surface area contributed by atoms with Crippen LogP contribution in [0.5, 0.6) is 0 Å². The lowest BCUT2D eigenvalue weighted by Gasteiger charge is -2.11. The van der Waals surface area contributed by atoms with E-state index < -0.39 is 6.10 Å². The van der Waals surface area contributed by atoms with Gasteiger partial charge in [-0.25, -0.2) is 0 Å². The first-order valence-corrected chi connectivity index (χ1v) is 6.54. The molecule has 0 aliphatic rings. The van der Waals surface area contributed by atoms with E-state index >= 15 is 0 Å². The van der Waals surface area contributed by atoms with Crippen LogP contribution in [0.3, 0.4) is 0 Å². The summed E-state index contributed by atoms with van der Waals surface area (Å²) < 4.78 is 2.53. The second kappa shape index (κ2) is 4.31. The van der Waals surface area contributed by atoms with Gasteiger partial charge in [0.1, 0.15) is 6.10 Å². The average molecular weight is 301 g/mol. The van der Waals surface area contributed by atoms with Crippen LogP contribution in [-0.2, 0) is 7.05 Å². The zero-order valence-electron chi connectivity index (χ0n) is 9.36. The predicted molar refractivity (Wildman–Crippen MR) is 68.8 cm³/mol. The fraction of sp³-hybridized carbons (Fsp3) is 0.364. The van der Waals surface area contributed by atoms with E-state index in [9.17, 15) is 5.11 Å². The van der Waals surface area contributed by atoms with E-state index in [1.165, 1.54) is 4.88 Å². The monoisotopic (exact) mass is 300 g/mol. The lowest BCUT2D eigenvalue weighted by atomic mass is 10.1. The Morgan fingerprint density at radius 3 is 2.62 bits per heavy atom. The van der Waals surface area contributed by atoms with Crippen LogP contribution in [0.15, 0.2) is 16.7 Å². The topological polar surface area (TPSA) is 38.1 Å². The van der Waals surface area contributed by atoms with Gasteiger partial charge in [-0.1, -0.05) is 0 Å². The molecule has 2 aromatic heterocycles. The molecule has 0 saturated carbocycles. The molecular weight excluding hydrogens is 288 g/mol. The number of thiophene rings is 1. The molecule has 0 fully saturated rings. The third kappa shape index (κ3) is 1.95. The van der Waals surface area contributed by atoms with Gasteiger partial charge in [-0.3, -0.25) is 4.68 Å². The number of aliphatic hydroxyl groups excluding tert-OH is 1. The van der Waals surface area contributed by atoms with Crippen LogP contribution >= 0.6 is 27.3 Å². The molecule has 2 aromatic rings. The number of hydrogen-bond donors (Lipinski definition) is 1. The van der Waals surface area contributed by atoms with Gasteiger partial charge in [0, 0.05) is 22.4 Å². The fourth-order valence-electron chi connectivity index (χ4n) is 1.80. The predicted octanol–water partition coefficient (Wildman–Crippen LogP) is 2.94. The van der Waals surface area contributed by atoms with Crippen LogP contribution in [0.25, 0.3) is 0 Å². The Labute approximate surface area is 107 Å². The number of hydrogen-bond acceptors (Lipinski definition) is 3. The van der Waals surface area contributed by atoms with Gasteiger partial charge in [0.2, 0.25) is 0 Å². The zero-order valence-corrected chi connectivity index (χ0v) is 11.8. The third-order valence-electron chi connectivity index (χ3n) is 2.57. The smallest absolute Gasteiger partial charge is 0.123 e. The summed E-state index contributed by atoms with van der Waals surface area (Å²) in [5.41, 5.74) is 1.76. The molecule has 86 valence electrons. The number of rotatable bonds is 2. The number of aryl methyl sites for hydroxylation is 3. The van der Waals surface area contributed by atoms with E-state index in [0.717, 1.165) is 20.6 Å². The number of aliphatic hydroxyl groups is 1. The maximum Gasteiger partial charge on any atom is 0.123 e. The standard InChI is InChI=1S/C11H13BrN2OS/c1-6-4-8(7(2)16-6)11(15)10-9(12)5-13-14(10)3/h4-5,11,15H,1-3H3. The molecule has 5 heteroatoms. The van der Waals surface area contributed by atoms with E-state index in [0.29, 0.717) is 0 Å². The van der Waals surface area contributed by atoms with Crippen LogP contribution in [0.2, 0.25) is 0 Å². The molecule has 3 nitrogen and oxygen atoms in total. The number of aromatic nitrogens is 2. The highest BCUT2D eigenvalue weighted by Gasteiger charge is 2.20. The van der Waals surface area contributed by atoms with E-state index in [1.807, 2.05) is 27.0 Å². The van der Waals surface area contributed by atoms with Crippen molar-refractivity contribution in [1.29, 1.82) is 0 Å². The van der Waals surface area contributed by atoms with Gasteiger partial charge in [-0.2, -0.15) is 5.10 Å². The van der Waals surface area contributed by atoms with Crippen molar-refractivity contribution in [2.45, 2.75) is 20.0 Å². The summed E-state index contributed by atoms with van der Waals surface area (Å²) in [5, 5.41) is 14.5. The molecule has 0 radical (unpaired) electrons. The summed E-state index contributed by atoms with van der Waals surface area (Å²) in [6.07, 6.45) is 1.08. The van der Waals surface area contributed by atoms with Gasteiger partial charge in [0.15, 0.2) is 0 Å². The van der Waals surface area contributed by atoms with Gasteiger partial charge >= 0.3 is 0 Å². The second-order valence-corrected chi connectivity index (χ2v) is 6.09. The summed E-state index contributed by atoms with van der Waals surface area (Å²) in [5.74, 6) is 0. The van der Waals surface area contributed by atoms with Gasteiger partial charge in [0.05, 0.1) is 16.4 Å². The summed E-state index contributed by atoms with van der Waals surface area (Å²) >= 11 is 5.11. The highest BCUT2D eigenvalue weighted by atomic mass is 79.9. The van der Waals surface area contributed by atoms with E-state index in [-0.39, 0.29) is 0 Å². The van der Waals surface area contributed by atoms with Crippen molar-refractivity contribution in [2.75, 3.05) is 0 Å². The summed E-state index contributed by atoms with van der Waals surface area (Å²) in [6.45, 7) is 4.08. The molecule has 0 amide bonds. The largest absolute Gasteiger partial charge is 0.382 e. The molecule has 1 unspecified atom stereocenters.